The zero-order valence-electron chi connectivity index (χ0n) is 10.6. The summed E-state index contributed by atoms with van der Waals surface area (Å²) in [6.45, 7) is 1.62. The molecular formula is C12H22N2O3. The van der Waals surface area contributed by atoms with Gasteiger partial charge in [-0.25, -0.2) is 4.79 Å². The lowest BCUT2D eigenvalue weighted by atomic mass is 9.94. The van der Waals surface area contributed by atoms with Crippen molar-refractivity contribution in [3.8, 4) is 0 Å². The second kappa shape index (κ2) is 6.59. The van der Waals surface area contributed by atoms with Gasteiger partial charge in [-0.2, -0.15) is 0 Å². The van der Waals surface area contributed by atoms with Gasteiger partial charge in [-0.1, -0.05) is 19.3 Å². The second-order valence-electron chi connectivity index (χ2n) is 4.66. The molecule has 17 heavy (non-hydrogen) atoms. The highest BCUT2D eigenvalue weighted by molar-refractivity contribution is 5.85. The standard InChI is InChI=1S/C12H22N2O3/c1-8(12(16)17-2)14-11(15)9-6-4-3-5-7-10(9)13/h8-10H,3-7,13H2,1-2H3,(H,14,15)/t8-,9?,10?/m0/s1. The van der Waals surface area contributed by atoms with Crippen molar-refractivity contribution >= 4 is 11.9 Å². The van der Waals surface area contributed by atoms with Crippen molar-refractivity contribution in [2.24, 2.45) is 11.7 Å². The van der Waals surface area contributed by atoms with Crippen LogP contribution in [0.4, 0.5) is 0 Å². The quantitative estimate of drug-likeness (QED) is 0.560. The number of methoxy groups -OCH3 is 1. The summed E-state index contributed by atoms with van der Waals surface area (Å²) in [5.41, 5.74) is 5.99. The first-order chi connectivity index (χ1) is 8.06. The van der Waals surface area contributed by atoms with Gasteiger partial charge in [0.1, 0.15) is 6.04 Å². The van der Waals surface area contributed by atoms with Crippen LogP contribution < -0.4 is 11.1 Å². The summed E-state index contributed by atoms with van der Waals surface area (Å²) in [6, 6.07) is -0.703. The molecule has 0 heterocycles. The van der Waals surface area contributed by atoms with Gasteiger partial charge in [-0.15, -0.1) is 0 Å². The molecule has 1 fully saturated rings. The molecule has 1 saturated carbocycles. The van der Waals surface area contributed by atoms with Crippen LogP contribution in [-0.2, 0) is 14.3 Å². The summed E-state index contributed by atoms with van der Waals surface area (Å²) in [5, 5.41) is 2.66. The van der Waals surface area contributed by atoms with Crippen LogP contribution in [0.5, 0.6) is 0 Å². The van der Waals surface area contributed by atoms with Gasteiger partial charge in [0.05, 0.1) is 13.0 Å². The molecule has 0 bridgehead atoms. The van der Waals surface area contributed by atoms with Gasteiger partial charge in [0.15, 0.2) is 0 Å². The van der Waals surface area contributed by atoms with E-state index in [9.17, 15) is 9.59 Å². The molecule has 1 aliphatic carbocycles. The van der Waals surface area contributed by atoms with Crippen LogP contribution in [0.15, 0.2) is 0 Å². The van der Waals surface area contributed by atoms with Crippen LogP contribution in [0.25, 0.3) is 0 Å². The molecule has 5 heteroatoms. The van der Waals surface area contributed by atoms with Crippen molar-refractivity contribution < 1.29 is 14.3 Å². The largest absolute Gasteiger partial charge is 0.467 e. The number of nitrogens with two attached hydrogens (primary N) is 1. The van der Waals surface area contributed by atoms with Crippen molar-refractivity contribution in [1.82, 2.24) is 5.32 Å². The molecule has 0 aromatic rings. The fourth-order valence-electron chi connectivity index (χ4n) is 2.22. The molecule has 1 amide bonds. The molecule has 98 valence electrons. The van der Waals surface area contributed by atoms with E-state index in [0.717, 1.165) is 32.1 Å². The van der Waals surface area contributed by atoms with E-state index in [2.05, 4.69) is 10.1 Å². The third-order valence-corrected chi connectivity index (χ3v) is 3.32. The highest BCUT2D eigenvalue weighted by Crippen LogP contribution is 2.22. The summed E-state index contributed by atoms with van der Waals surface area (Å²) in [4.78, 5) is 23.2. The molecule has 0 aromatic carbocycles. The Bertz CT molecular complexity index is 281. The Kier molecular flexibility index (Phi) is 5.41. The monoisotopic (exact) mass is 242 g/mol. The van der Waals surface area contributed by atoms with Crippen molar-refractivity contribution in [2.45, 2.75) is 51.1 Å². The fraction of sp³-hybridized carbons (Fsp3) is 0.833. The molecule has 5 nitrogen and oxygen atoms in total. The Morgan fingerprint density at radius 3 is 2.59 bits per heavy atom. The second-order valence-corrected chi connectivity index (χ2v) is 4.66. The molecule has 0 radical (unpaired) electrons. The molecule has 0 aromatic heterocycles. The van der Waals surface area contributed by atoms with E-state index >= 15 is 0 Å². The lowest BCUT2D eigenvalue weighted by Gasteiger charge is -2.22. The zero-order chi connectivity index (χ0) is 12.8. The number of carbonyl (C=O) groups is 2. The molecule has 0 saturated heterocycles. The van der Waals surface area contributed by atoms with E-state index in [1.807, 2.05) is 0 Å². The van der Waals surface area contributed by atoms with Crippen molar-refractivity contribution in [1.29, 1.82) is 0 Å². The highest BCUT2D eigenvalue weighted by atomic mass is 16.5. The van der Waals surface area contributed by atoms with Gasteiger partial charge in [-0.3, -0.25) is 4.79 Å². The normalized spacial score (nSPS) is 26.8. The topological polar surface area (TPSA) is 81.4 Å². The Morgan fingerprint density at radius 1 is 1.29 bits per heavy atom. The van der Waals surface area contributed by atoms with Crippen molar-refractivity contribution in [2.75, 3.05) is 7.11 Å². The number of amides is 1. The number of esters is 1. The van der Waals surface area contributed by atoms with Crippen LogP contribution in [0, 0.1) is 5.92 Å². The summed E-state index contributed by atoms with van der Waals surface area (Å²) < 4.78 is 4.57. The molecule has 0 spiro atoms. The minimum Gasteiger partial charge on any atom is -0.467 e. The lowest BCUT2D eigenvalue weighted by molar-refractivity contribution is -0.145. The number of ether oxygens (including phenoxy) is 1. The Labute approximate surface area is 102 Å². The molecular weight excluding hydrogens is 220 g/mol. The van der Waals surface area contributed by atoms with Gasteiger partial charge in [0.2, 0.25) is 5.91 Å². The van der Waals surface area contributed by atoms with Crippen LogP contribution >= 0.6 is 0 Å². The Balaban J connectivity index is 2.53. The van der Waals surface area contributed by atoms with Crippen LogP contribution in [-0.4, -0.2) is 31.1 Å². The van der Waals surface area contributed by atoms with Gasteiger partial charge >= 0.3 is 5.97 Å². The van der Waals surface area contributed by atoms with Crippen LogP contribution in [0.2, 0.25) is 0 Å². The van der Waals surface area contributed by atoms with Crippen LogP contribution in [0.1, 0.15) is 39.0 Å². The predicted molar refractivity (Wildman–Crippen MR) is 64.2 cm³/mol. The fourth-order valence-corrected chi connectivity index (χ4v) is 2.22. The first kappa shape index (κ1) is 14.0. The number of carbonyl (C=O) groups excluding carboxylic acids is 2. The van der Waals surface area contributed by atoms with E-state index in [-0.39, 0.29) is 17.9 Å². The van der Waals surface area contributed by atoms with Crippen molar-refractivity contribution in [3.63, 3.8) is 0 Å². The third-order valence-electron chi connectivity index (χ3n) is 3.32. The number of rotatable bonds is 3. The summed E-state index contributed by atoms with van der Waals surface area (Å²) >= 11 is 0. The maximum atomic E-state index is 12.0. The van der Waals surface area contributed by atoms with Gasteiger partial charge < -0.3 is 15.8 Å². The van der Waals surface area contributed by atoms with E-state index < -0.39 is 12.0 Å². The zero-order valence-corrected chi connectivity index (χ0v) is 10.6. The average Bonchev–Trinajstić information content (AvgIpc) is 2.52. The smallest absolute Gasteiger partial charge is 0.328 e. The SMILES string of the molecule is COC(=O)[C@H](C)NC(=O)C1CCCCCC1N. The maximum Gasteiger partial charge on any atom is 0.328 e. The third kappa shape index (κ3) is 4.00. The molecule has 0 aliphatic heterocycles. The van der Waals surface area contributed by atoms with Crippen molar-refractivity contribution in [3.05, 3.63) is 0 Å². The highest BCUT2D eigenvalue weighted by Gasteiger charge is 2.29. The van der Waals surface area contributed by atoms with Gasteiger partial charge in [0, 0.05) is 6.04 Å². The minimum atomic E-state index is -0.608. The minimum absolute atomic E-state index is 0.0950. The molecule has 1 rings (SSSR count). The van der Waals surface area contributed by atoms with E-state index in [1.165, 1.54) is 7.11 Å². The first-order valence-corrected chi connectivity index (χ1v) is 6.20. The summed E-state index contributed by atoms with van der Waals surface area (Å²) in [5.74, 6) is -0.734. The average molecular weight is 242 g/mol. The Morgan fingerprint density at radius 2 is 1.94 bits per heavy atom. The summed E-state index contributed by atoms with van der Waals surface area (Å²) in [6.07, 6.45) is 4.92. The van der Waals surface area contributed by atoms with Gasteiger partial charge in [-0.05, 0) is 19.8 Å². The molecule has 3 N–H and O–H groups in total. The number of hydrogen-bond donors (Lipinski definition) is 2. The van der Waals surface area contributed by atoms with E-state index in [4.69, 9.17) is 5.73 Å². The lowest BCUT2D eigenvalue weighted by Crippen LogP contribution is -2.47. The van der Waals surface area contributed by atoms with E-state index in [0.29, 0.717) is 0 Å². The Hall–Kier alpha value is -1.10. The van der Waals surface area contributed by atoms with Gasteiger partial charge in [0.25, 0.3) is 0 Å². The number of hydrogen-bond acceptors (Lipinski definition) is 4. The first-order valence-electron chi connectivity index (χ1n) is 6.20. The number of nitrogens with one attached hydrogen (secondary N) is 1. The predicted octanol–water partition coefficient (Wildman–Crippen LogP) is 0.572. The van der Waals surface area contributed by atoms with E-state index in [1.54, 1.807) is 6.92 Å². The van der Waals surface area contributed by atoms with Crippen LogP contribution in [0.3, 0.4) is 0 Å². The molecule has 2 unspecified atom stereocenters. The maximum absolute atomic E-state index is 12.0. The molecule has 3 atom stereocenters. The molecule has 1 aliphatic rings. The summed E-state index contributed by atoms with van der Waals surface area (Å²) in [7, 11) is 1.31.